The molecule has 0 radical (unpaired) electrons. The summed E-state index contributed by atoms with van der Waals surface area (Å²) in [7, 11) is 0. The minimum atomic E-state index is -0.125. The summed E-state index contributed by atoms with van der Waals surface area (Å²) in [5.74, 6) is -0.0306. The molecule has 1 aromatic heterocycles. The van der Waals surface area contributed by atoms with Crippen LogP contribution in [-0.2, 0) is 0 Å². The second-order valence-corrected chi connectivity index (χ2v) is 4.77. The minimum absolute atomic E-state index is 0.0948. The van der Waals surface area contributed by atoms with Gasteiger partial charge in [-0.25, -0.2) is 4.39 Å². The average Bonchev–Trinajstić information content (AvgIpc) is 2.86. The molecular formula is C17H16FN. The fraction of sp³-hybridized carbons (Fsp3) is 0.176. The molecule has 1 unspecified atom stereocenters. The van der Waals surface area contributed by atoms with Gasteiger partial charge in [0.05, 0.1) is 0 Å². The van der Waals surface area contributed by atoms with Gasteiger partial charge in [-0.1, -0.05) is 43.3 Å². The number of hydrogen-bond donors (Lipinski definition) is 1. The molecule has 0 aliphatic rings. The molecule has 0 fully saturated rings. The Bertz CT molecular complexity index is 699. The molecule has 0 saturated heterocycles. The van der Waals surface area contributed by atoms with Gasteiger partial charge in [-0.05, 0) is 29.7 Å². The number of aromatic amines is 1. The molecule has 0 bridgehead atoms. The first-order valence-corrected chi connectivity index (χ1v) is 6.61. The van der Waals surface area contributed by atoms with Gasteiger partial charge in [0, 0.05) is 23.0 Å². The summed E-state index contributed by atoms with van der Waals surface area (Å²) >= 11 is 0. The number of halogens is 1. The molecule has 1 nitrogen and oxygen atoms in total. The summed E-state index contributed by atoms with van der Waals surface area (Å²) in [4.78, 5) is 3.27. The van der Waals surface area contributed by atoms with Crippen LogP contribution in [0.15, 0.2) is 54.7 Å². The molecule has 3 rings (SSSR count). The normalized spacial score (nSPS) is 12.7. The Morgan fingerprint density at radius 3 is 2.53 bits per heavy atom. The molecule has 0 saturated carbocycles. The van der Waals surface area contributed by atoms with Crippen molar-refractivity contribution in [2.45, 2.75) is 19.3 Å². The van der Waals surface area contributed by atoms with Gasteiger partial charge in [0.15, 0.2) is 0 Å². The van der Waals surface area contributed by atoms with E-state index >= 15 is 0 Å². The average molecular weight is 253 g/mol. The van der Waals surface area contributed by atoms with Crippen molar-refractivity contribution in [3.05, 3.63) is 71.7 Å². The van der Waals surface area contributed by atoms with Crippen molar-refractivity contribution in [3.8, 4) is 0 Å². The van der Waals surface area contributed by atoms with Crippen molar-refractivity contribution in [1.29, 1.82) is 0 Å². The molecule has 0 spiro atoms. The lowest BCUT2D eigenvalue weighted by Crippen LogP contribution is -2.01. The van der Waals surface area contributed by atoms with Gasteiger partial charge >= 0.3 is 0 Å². The molecule has 19 heavy (non-hydrogen) atoms. The van der Waals surface area contributed by atoms with Crippen LogP contribution in [0.4, 0.5) is 4.39 Å². The van der Waals surface area contributed by atoms with E-state index in [1.165, 1.54) is 17.0 Å². The van der Waals surface area contributed by atoms with Crippen LogP contribution in [0.2, 0.25) is 0 Å². The zero-order valence-corrected chi connectivity index (χ0v) is 10.9. The fourth-order valence-electron chi connectivity index (χ4n) is 2.75. The highest BCUT2D eigenvalue weighted by Gasteiger charge is 2.18. The highest BCUT2D eigenvalue weighted by Crippen LogP contribution is 2.34. The van der Waals surface area contributed by atoms with E-state index in [1.54, 1.807) is 6.07 Å². The van der Waals surface area contributed by atoms with Crippen molar-refractivity contribution < 1.29 is 4.39 Å². The predicted molar refractivity (Wildman–Crippen MR) is 76.8 cm³/mol. The van der Waals surface area contributed by atoms with Crippen molar-refractivity contribution in [2.75, 3.05) is 0 Å². The Balaban J connectivity index is 2.15. The number of para-hydroxylation sites is 1. The van der Waals surface area contributed by atoms with E-state index in [1.807, 2.05) is 36.5 Å². The summed E-state index contributed by atoms with van der Waals surface area (Å²) in [5, 5.41) is 1.18. The van der Waals surface area contributed by atoms with Gasteiger partial charge in [0.25, 0.3) is 0 Å². The smallest absolute Gasteiger partial charge is 0.127 e. The third-order valence-corrected chi connectivity index (χ3v) is 3.69. The van der Waals surface area contributed by atoms with Crippen LogP contribution in [0.3, 0.4) is 0 Å². The largest absolute Gasteiger partial charge is 0.361 e. The van der Waals surface area contributed by atoms with Gasteiger partial charge in [0.1, 0.15) is 5.82 Å². The molecule has 2 aromatic carbocycles. The van der Waals surface area contributed by atoms with E-state index < -0.39 is 0 Å². The summed E-state index contributed by atoms with van der Waals surface area (Å²) < 4.78 is 14.0. The highest BCUT2D eigenvalue weighted by atomic mass is 19.1. The zero-order chi connectivity index (χ0) is 13.2. The topological polar surface area (TPSA) is 15.8 Å². The molecule has 96 valence electrons. The Labute approximate surface area is 112 Å². The second kappa shape index (κ2) is 4.88. The number of hydrogen-bond acceptors (Lipinski definition) is 0. The SMILES string of the molecule is CCC(c1ccccc1F)c1c[nH]c2ccccc12. The minimum Gasteiger partial charge on any atom is -0.361 e. The van der Waals surface area contributed by atoms with Crippen molar-refractivity contribution in [2.24, 2.45) is 0 Å². The third kappa shape index (κ3) is 2.03. The van der Waals surface area contributed by atoms with Crippen molar-refractivity contribution >= 4 is 10.9 Å². The van der Waals surface area contributed by atoms with Crippen LogP contribution < -0.4 is 0 Å². The summed E-state index contributed by atoms with van der Waals surface area (Å²) in [6, 6.07) is 15.2. The number of aromatic nitrogens is 1. The molecule has 3 aromatic rings. The van der Waals surface area contributed by atoms with Crippen LogP contribution in [0.1, 0.15) is 30.4 Å². The molecule has 0 aliphatic heterocycles. The Morgan fingerprint density at radius 2 is 1.74 bits per heavy atom. The van der Waals surface area contributed by atoms with Gasteiger partial charge < -0.3 is 4.98 Å². The van der Waals surface area contributed by atoms with E-state index in [-0.39, 0.29) is 11.7 Å². The van der Waals surface area contributed by atoms with Gasteiger partial charge in [-0.2, -0.15) is 0 Å². The lowest BCUT2D eigenvalue weighted by molar-refractivity contribution is 0.593. The van der Waals surface area contributed by atoms with Gasteiger partial charge in [0.2, 0.25) is 0 Å². The summed E-state index contributed by atoms with van der Waals surface area (Å²) in [6.45, 7) is 2.10. The van der Waals surface area contributed by atoms with Gasteiger partial charge in [-0.3, -0.25) is 0 Å². The van der Waals surface area contributed by atoms with Crippen LogP contribution in [0.5, 0.6) is 0 Å². The maximum atomic E-state index is 14.0. The monoisotopic (exact) mass is 253 g/mol. The first kappa shape index (κ1) is 12.0. The lowest BCUT2D eigenvalue weighted by atomic mass is 9.88. The first-order chi connectivity index (χ1) is 9.31. The fourth-order valence-corrected chi connectivity index (χ4v) is 2.75. The van der Waals surface area contributed by atoms with E-state index in [4.69, 9.17) is 0 Å². The maximum Gasteiger partial charge on any atom is 0.127 e. The Kier molecular flexibility index (Phi) is 3.08. The molecule has 2 heteroatoms. The first-order valence-electron chi connectivity index (χ1n) is 6.61. The number of benzene rings is 2. The molecule has 0 amide bonds. The standard InChI is InChI=1S/C17H16FN/c1-2-12(13-7-3-5-9-16(13)18)15-11-19-17-10-6-4-8-14(15)17/h3-12,19H,2H2,1H3. The maximum absolute atomic E-state index is 14.0. The molecule has 1 N–H and O–H groups in total. The predicted octanol–water partition coefficient (Wildman–Crippen LogP) is 4.85. The summed E-state index contributed by atoms with van der Waals surface area (Å²) in [6.07, 6.45) is 2.88. The lowest BCUT2D eigenvalue weighted by Gasteiger charge is -2.15. The highest BCUT2D eigenvalue weighted by molar-refractivity contribution is 5.84. The number of rotatable bonds is 3. The summed E-state index contributed by atoms with van der Waals surface area (Å²) in [5.41, 5.74) is 3.05. The molecule has 1 atom stereocenters. The van der Waals surface area contributed by atoms with Crippen molar-refractivity contribution in [1.82, 2.24) is 4.98 Å². The number of H-pyrrole nitrogens is 1. The molecular weight excluding hydrogens is 237 g/mol. The van der Waals surface area contributed by atoms with Crippen LogP contribution in [0.25, 0.3) is 10.9 Å². The molecule has 1 heterocycles. The third-order valence-electron chi connectivity index (χ3n) is 3.69. The number of nitrogens with one attached hydrogen (secondary N) is 1. The van der Waals surface area contributed by atoms with Crippen molar-refractivity contribution in [3.63, 3.8) is 0 Å². The van der Waals surface area contributed by atoms with E-state index in [2.05, 4.69) is 18.0 Å². The quantitative estimate of drug-likeness (QED) is 0.686. The van der Waals surface area contributed by atoms with Gasteiger partial charge in [-0.15, -0.1) is 0 Å². The van der Waals surface area contributed by atoms with E-state index in [0.29, 0.717) is 0 Å². The number of fused-ring (bicyclic) bond motifs is 1. The Hall–Kier alpha value is -2.09. The molecule has 0 aliphatic carbocycles. The van der Waals surface area contributed by atoms with Crippen LogP contribution in [0, 0.1) is 5.82 Å². The van der Waals surface area contributed by atoms with E-state index in [0.717, 1.165) is 17.5 Å². The Morgan fingerprint density at radius 1 is 1.00 bits per heavy atom. The van der Waals surface area contributed by atoms with Crippen LogP contribution in [-0.4, -0.2) is 4.98 Å². The second-order valence-electron chi connectivity index (χ2n) is 4.77. The zero-order valence-electron chi connectivity index (χ0n) is 10.9. The van der Waals surface area contributed by atoms with E-state index in [9.17, 15) is 4.39 Å². The van der Waals surface area contributed by atoms with Crippen LogP contribution >= 0.6 is 0 Å².